The van der Waals surface area contributed by atoms with Crippen molar-refractivity contribution in [2.45, 2.75) is 33.6 Å². The molecular formula is C20H22FNO3. The van der Waals surface area contributed by atoms with Crippen LogP contribution in [0.3, 0.4) is 0 Å². The summed E-state index contributed by atoms with van der Waals surface area (Å²) in [5, 5.41) is 0. The molecule has 1 aromatic carbocycles. The molecule has 0 bridgehead atoms. The monoisotopic (exact) mass is 343 g/mol. The largest absolute Gasteiger partial charge is 0.466 e. The van der Waals surface area contributed by atoms with Gasteiger partial charge in [0.1, 0.15) is 5.82 Å². The minimum atomic E-state index is -0.840. The van der Waals surface area contributed by atoms with Crippen molar-refractivity contribution in [2.24, 2.45) is 5.41 Å². The number of amides is 1. The predicted octanol–water partition coefficient (Wildman–Crippen LogP) is 3.38. The van der Waals surface area contributed by atoms with Gasteiger partial charge in [-0.2, -0.15) is 0 Å². The van der Waals surface area contributed by atoms with Gasteiger partial charge in [0.2, 0.25) is 5.91 Å². The number of ether oxygens (including phenoxy) is 1. The predicted molar refractivity (Wildman–Crippen MR) is 93.5 cm³/mol. The van der Waals surface area contributed by atoms with E-state index in [1.807, 2.05) is 13.8 Å². The molecule has 5 heteroatoms. The fraction of sp³-hybridized carbons (Fsp3) is 0.400. The van der Waals surface area contributed by atoms with E-state index in [0.29, 0.717) is 18.7 Å². The number of esters is 1. The fourth-order valence-electron chi connectivity index (χ4n) is 3.13. The lowest BCUT2D eigenvalue weighted by Crippen LogP contribution is -2.35. The van der Waals surface area contributed by atoms with E-state index in [4.69, 9.17) is 11.2 Å². The van der Waals surface area contributed by atoms with Gasteiger partial charge >= 0.3 is 5.97 Å². The standard InChI is InChI=1S/C20H22FNO3/c1-5-13-22-18(15-7-9-16(21)10-8-15)14(3)20(4,19(22)24)12-11-17(23)25-6-2/h1,7-10H,6,11-13H2,2-4H3. The van der Waals surface area contributed by atoms with Gasteiger partial charge in [-0.25, -0.2) is 4.39 Å². The molecule has 25 heavy (non-hydrogen) atoms. The van der Waals surface area contributed by atoms with Crippen LogP contribution >= 0.6 is 0 Å². The smallest absolute Gasteiger partial charge is 0.305 e. The lowest BCUT2D eigenvalue weighted by molar-refractivity contribution is -0.144. The van der Waals surface area contributed by atoms with E-state index in [9.17, 15) is 14.0 Å². The second kappa shape index (κ2) is 7.52. The summed E-state index contributed by atoms with van der Waals surface area (Å²) in [4.78, 5) is 26.3. The Hall–Kier alpha value is -2.61. The molecule has 0 radical (unpaired) electrons. The van der Waals surface area contributed by atoms with Gasteiger partial charge in [0.15, 0.2) is 0 Å². The molecule has 1 aromatic rings. The molecule has 0 aromatic heterocycles. The third kappa shape index (κ3) is 3.58. The minimum Gasteiger partial charge on any atom is -0.466 e. The van der Waals surface area contributed by atoms with E-state index in [0.717, 1.165) is 11.1 Å². The Bertz CT molecular complexity index is 745. The topological polar surface area (TPSA) is 46.6 Å². The molecule has 132 valence electrons. The molecule has 0 saturated heterocycles. The zero-order valence-electron chi connectivity index (χ0n) is 14.8. The number of rotatable bonds is 6. The highest BCUT2D eigenvalue weighted by Gasteiger charge is 2.47. The molecule has 1 heterocycles. The van der Waals surface area contributed by atoms with Crippen molar-refractivity contribution >= 4 is 17.6 Å². The normalized spacial score (nSPS) is 20.0. The Morgan fingerprint density at radius 1 is 1.36 bits per heavy atom. The van der Waals surface area contributed by atoms with E-state index in [-0.39, 0.29) is 30.7 Å². The number of benzene rings is 1. The van der Waals surface area contributed by atoms with E-state index >= 15 is 0 Å². The molecule has 4 nitrogen and oxygen atoms in total. The molecule has 2 rings (SSSR count). The second-order valence-corrected chi connectivity index (χ2v) is 6.21. The maximum atomic E-state index is 13.2. The molecular weight excluding hydrogens is 321 g/mol. The van der Waals surface area contributed by atoms with Crippen LogP contribution in [0.1, 0.15) is 39.2 Å². The van der Waals surface area contributed by atoms with Gasteiger partial charge in [-0.1, -0.05) is 5.92 Å². The van der Waals surface area contributed by atoms with Crippen LogP contribution in [0.15, 0.2) is 29.8 Å². The summed E-state index contributed by atoms with van der Waals surface area (Å²) in [6.07, 6.45) is 5.91. The highest BCUT2D eigenvalue weighted by Crippen LogP contribution is 2.46. The van der Waals surface area contributed by atoms with Gasteiger partial charge in [0, 0.05) is 6.42 Å². The Labute approximate surface area is 147 Å². The van der Waals surface area contributed by atoms with Crippen molar-refractivity contribution in [3.63, 3.8) is 0 Å². The first-order valence-electron chi connectivity index (χ1n) is 8.23. The van der Waals surface area contributed by atoms with Gasteiger partial charge in [-0.15, -0.1) is 6.42 Å². The highest BCUT2D eigenvalue weighted by atomic mass is 19.1. The summed E-state index contributed by atoms with van der Waals surface area (Å²) in [6.45, 7) is 5.84. The Morgan fingerprint density at radius 3 is 2.56 bits per heavy atom. The molecule has 0 spiro atoms. The van der Waals surface area contributed by atoms with Crippen molar-refractivity contribution in [2.75, 3.05) is 13.2 Å². The van der Waals surface area contributed by atoms with Crippen LogP contribution in [-0.2, 0) is 14.3 Å². The molecule has 0 aliphatic carbocycles. The van der Waals surface area contributed by atoms with Gasteiger partial charge in [-0.05, 0) is 62.6 Å². The van der Waals surface area contributed by atoms with Crippen LogP contribution in [0.2, 0.25) is 0 Å². The molecule has 1 amide bonds. The van der Waals surface area contributed by atoms with Gasteiger partial charge in [0.25, 0.3) is 0 Å². The summed E-state index contributed by atoms with van der Waals surface area (Å²) in [5.41, 5.74) is 1.40. The maximum absolute atomic E-state index is 13.2. The number of hydrogen-bond donors (Lipinski definition) is 0. The summed E-state index contributed by atoms with van der Waals surface area (Å²) < 4.78 is 18.2. The van der Waals surface area contributed by atoms with Crippen LogP contribution in [0.25, 0.3) is 5.70 Å². The van der Waals surface area contributed by atoms with Crippen LogP contribution in [0.5, 0.6) is 0 Å². The number of carbonyl (C=O) groups excluding carboxylic acids is 2. The Balaban J connectivity index is 2.40. The molecule has 0 saturated carbocycles. The second-order valence-electron chi connectivity index (χ2n) is 6.21. The van der Waals surface area contributed by atoms with Crippen LogP contribution < -0.4 is 0 Å². The number of carbonyl (C=O) groups is 2. The SMILES string of the molecule is C#CCN1C(=O)C(C)(CCC(=O)OCC)C(C)=C1c1ccc(F)cc1. The van der Waals surface area contributed by atoms with Crippen molar-refractivity contribution in [1.82, 2.24) is 4.90 Å². The van der Waals surface area contributed by atoms with Crippen molar-refractivity contribution in [3.05, 3.63) is 41.2 Å². The summed E-state index contributed by atoms with van der Waals surface area (Å²) in [6, 6.07) is 5.95. The Morgan fingerprint density at radius 2 is 2.00 bits per heavy atom. The lowest BCUT2D eigenvalue weighted by Gasteiger charge is -2.25. The fourth-order valence-corrected chi connectivity index (χ4v) is 3.13. The van der Waals surface area contributed by atoms with Gasteiger partial charge in [-0.3, -0.25) is 14.5 Å². The highest BCUT2D eigenvalue weighted by molar-refractivity contribution is 6.00. The average Bonchev–Trinajstić information content (AvgIpc) is 2.77. The van der Waals surface area contributed by atoms with E-state index in [1.54, 1.807) is 19.1 Å². The number of hydrogen-bond acceptors (Lipinski definition) is 3. The summed E-state index contributed by atoms with van der Waals surface area (Å²) in [7, 11) is 0. The number of halogens is 1. The van der Waals surface area contributed by atoms with E-state index in [2.05, 4.69) is 5.92 Å². The lowest BCUT2D eigenvalue weighted by atomic mass is 9.79. The first-order valence-corrected chi connectivity index (χ1v) is 8.23. The van der Waals surface area contributed by atoms with Crippen molar-refractivity contribution in [3.8, 4) is 12.3 Å². The Kier molecular flexibility index (Phi) is 5.63. The average molecular weight is 343 g/mol. The molecule has 0 fully saturated rings. The molecule has 1 aliphatic heterocycles. The number of nitrogens with zero attached hydrogens (tertiary/aromatic N) is 1. The van der Waals surface area contributed by atoms with Crippen LogP contribution in [0.4, 0.5) is 4.39 Å². The van der Waals surface area contributed by atoms with E-state index < -0.39 is 5.41 Å². The van der Waals surface area contributed by atoms with Gasteiger partial charge in [0.05, 0.1) is 24.3 Å². The van der Waals surface area contributed by atoms with E-state index in [1.165, 1.54) is 17.0 Å². The molecule has 0 N–H and O–H groups in total. The van der Waals surface area contributed by atoms with Crippen LogP contribution in [-0.4, -0.2) is 29.9 Å². The molecule has 1 aliphatic rings. The molecule has 1 atom stereocenters. The summed E-state index contributed by atoms with van der Waals surface area (Å²) in [5.74, 6) is 1.68. The number of terminal acetylenes is 1. The zero-order chi connectivity index (χ0) is 18.6. The quantitative estimate of drug-likeness (QED) is 0.588. The third-order valence-corrected chi connectivity index (χ3v) is 4.67. The summed E-state index contributed by atoms with van der Waals surface area (Å²) >= 11 is 0. The van der Waals surface area contributed by atoms with Crippen molar-refractivity contribution < 1.29 is 18.7 Å². The van der Waals surface area contributed by atoms with Gasteiger partial charge < -0.3 is 4.74 Å². The van der Waals surface area contributed by atoms with Crippen LogP contribution in [0, 0.1) is 23.6 Å². The first kappa shape index (κ1) is 18.7. The third-order valence-electron chi connectivity index (χ3n) is 4.67. The van der Waals surface area contributed by atoms with Crippen molar-refractivity contribution in [1.29, 1.82) is 0 Å². The molecule has 1 unspecified atom stereocenters. The zero-order valence-corrected chi connectivity index (χ0v) is 14.8. The first-order chi connectivity index (χ1) is 11.8. The minimum absolute atomic E-state index is 0.123. The maximum Gasteiger partial charge on any atom is 0.305 e.